The number of benzene rings is 2. The second kappa shape index (κ2) is 6.45. The van der Waals surface area contributed by atoms with Crippen LogP contribution in [-0.4, -0.2) is 14.2 Å². The first-order chi connectivity index (χ1) is 9.97. The highest BCUT2D eigenvalue weighted by atomic mass is 79.9. The molecule has 0 saturated carbocycles. The molecule has 0 radical (unpaired) electrons. The van der Waals surface area contributed by atoms with E-state index in [0.29, 0.717) is 11.5 Å². The van der Waals surface area contributed by atoms with E-state index < -0.39 is 6.04 Å². The first-order valence-electron chi connectivity index (χ1n) is 6.41. The van der Waals surface area contributed by atoms with Crippen molar-refractivity contribution in [2.24, 2.45) is 5.73 Å². The van der Waals surface area contributed by atoms with Crippen LogP contribution in [0.25, 0.3) is 0 Å². The highest BCUT2D eigenvalue weighted by Crippen LogP contribution is 2.37. The zero-order valence-electron chi connectivity index (χ0n) is 12.1. The van der Waals surface area contributed by atoms with Gasteiger partial charge < -0.3 is 15.2 Å². The van der Waals surface area contributed by atoms with Gasteiger partial charge in [-0.05, 0) is 47.9 Å². The van der Waals surface area contributed by atoms with Gasteiger partial charge in [0.15, 0.2) is 11.5 Å². The van der Waals surface area contributed by atoms with E-state index in [2.05, 4.69) is 15.9 Å². The van der Waals surface area contributed by atoms with Gasteiger partial charge in [0.2, 0.25) is 0 Å². The van der Waals surface area contributed by atoms with Crippen LogP contribution < -0.4 is 15.2 Å². The van der Waals surface area contributed by atoms with Crippen LogP contribution in [0.5, 0.6) is 11.5 Å². The Balaban J connectivity index is 2.52. The highest BCUT2D eigenvalue weighted by molar-refractivity contribution is 9.10. The molecule has 0 heterocycles. The first kappa shape index (κ1) is 15.8. The summed E-state index contributed by atoms with van der Waals surface area (Å²) >= 11 is 3.48. The standard InChI is InChI=1S/C16H17BrFNO2/c1-9-4-5-10(18)6-11(9)16(19)12-7-14(20-2)15(21-3)8-13(12)17/h4-8,16H,19H2,1-3H3. The van der Waals surface area contributed by atoms with Gasteiger partial charge in [-0.2, -0.15) is 0 Å². The molecule has 112 valence electrons. The van der Waals surface area contributed by atoms with E-state index in [1.165, 1.54) is 12.1 Å². The molecule has 0 fully saturated rings. The van der Waals surface area contributed by atoms with E-state index in [1.807, 2.05) is 6.92 Å². The number of aryl methyl sites for hydroxylation is 1. The third-order valence-electron chi connectivity index (χ3n) is 3.41. The second-order valence-corrected chi connectivity index (χ2v) is 5.56. The van der Waals surface area contributed by atoms with Gasteiger partial charge in [0.25, 0.3) is 0 Å². The summed E-state index contributed by atoms with van der Waals surface area (Å²) in [7, 11) is 3.13. The normalized spacial score (nSPS) is 12.1. The van der Waals surface area contributed by atoms with E-state index in [-0.39, 0.29) is 5.82 Å². The summed E-state index contributed by atoms with van der Waals surface area (Å²) in [6.07, 6.45) is 0. The Morgan fingerprint density at radius 2 is 1.67 bits per heavy atom. The molecule has 2 rings (SSSR count). The average Bonchev–Trinajstić information content (AvgIpc) is 2.48. The molecule has 1 unspecified atom stereocenters. The number of hydrogen-bond donors (Lipinski definition) is 1. The fourth-order valence-electron chi connectivity index (χ4n) is 2.22. The van der Waals surface area contributed by atoms with Crippen molar-refractivity contribution in [2.45, 2.75) is 13.0 Å². The molecule has 3 nitrogen and oxygen atoms in total. The van der Waals surface area contributed by atoms with Gasteiger partial charge in [0, 0.05) is 4.47 Å². The van der Waals surface area contributed by atoms with Crippen LogP contribution in [0.2, 0.25) is 0 Å². The molecule has 2 aromatic carbocycles. The van der Waals surface area contributed by atoms with Crippen molar-refractivity contribution < 1.29 is 13.9 Å². The minimum Gasteiger partial charge on any atom is -0.493 e. The summed E-state index contributed by atoms with van der Waals surface area (Å²) in [6, 6.07) is 7.74. The number of halogens is 2. The number of ether oxygens (including phenoxy) is 2. The summed E-state index contributed by atoms with van der Waals surface area (Å²) < 4.78 is 24.8. The molecule has 0 aliphatic rings. The number of methoxy groups -OCH3 is 2. The summed E-state index contributed by atoms with van der Waals surface area (Å²) in [5.74, 6) is 0.888. The molecule has 0 saturated heterocycles. The summed E-state index contributed by atoms with van der Waals surface area (Å²) in [5, 5.41) is 0. The predicted octanol–water partition coefficient (Wildman–Crippen LogP) is 3.96. The van der Waals surface area contributed by atoms with E-state index in [0.717, 1.165) is 21.2 Å². The van der Waals surface area contributed by atoms with Crippen LogP contribution in [0.15, 0.2) is 34.8 Å². The lowest BCUT2D eigenvalue weighted by molar-refractivity contribution is 0.354. The lowest BCUT2D eigenvalue weighted by Gasteiger charge is -2.19. The van der Waals surface area contributed by atoms with Gasteiger partial charge in [-0.3, -0.25) is 0 Å². The van der Waals surface area contributed by atoms with Gasteiger partial charge in [0.1, 0.15) is 5.82 Å². The largest absolute Gasteiger partial charge is 0.493 e. The monoisotopic (exact) mass is 353 g/mol. The minimum atomic E-state index is -0.463. The van der Waals surface area contributed by atoms with Crippen molar-refractivity contribution in [1.82, 2.24) is 0 Å². The first-order valence-corrected chi connectivity index (χ1v) is 7.20. The maximum Gasteiger partial charge on any atom is 0.161 e. The molecule has 0 aliphatic carbocycles. The smallest absolute Gasteiger partial charge is 0.161 e. The molecule has 0 spiro atoms. The van der Waals surface area contributed by atoms with Crippen LogP contribution >= 0.6 is 15.9 Å². The third kappa shape index (κ3) is 3.19. The Kier molecular flexibility index (Phi) is 4.85. The van der Waals surface area contributed by atoms with Gasteiger partial charge in [-0.25, -0.2) is 4.39 Å². The number of nitrogens with two attached hydrogens (primary N) is 1. The average molecular weight is 354 g/mol. The maximum atomic E-state index is 13.5. The van der Waals surface area contributed by atoms with Crippen molar-refractivity contribution in [3.05, 3.63) is 57.3 Å². The predicted molar refractivity (Wildman–Crippen MR) is 84.4 cm³/mol. The minimum absolute atomic E-state index is 0.303. The molecule has 2 aromatic rings. The van der Waals surface area contributed by atoms with Crippen LogP contribution in [0.3, 0.4) is 0 Å². The zero-order chi connectivity index (χ0) is 15.6. The molecule has 2 N–H and O–H groups in total. The van der Waals surface area contributed by atoms with Gasteiger partial charge >= 0.3 is 0 Å². The SMILES string of the molecule is COc1cc(Br)c(C(N)c2cc(F)ccc2C)cc1OC. The Labute approximate surface area is 132 Å². The van der Waals surface area contributed by atoms with E-state index in [1.54, 1.807) is 32.4 Å². The third-order valence-corrected chi connectivity index (χ3v) is 4.10. The molecule has 0 aliphatic heterocycles. The Hall–Kier alpha value is -1.59. The van der Waals surface area contributed by atoms with Crippen molar-refractivity contribution in [1.29, 1.82) is 0 Å². The molecule has 21 heavy (non-hydrogen) atoms. The van der Waals surface area contributed by atoms with Gasteiger partial charge in [-0.1, -0.05) is 22.0 Å². The van der Waals surface area contributed by atoms with E-state index in [4.69, 9.17) is 15.2 Å². The maximum absolute atomic E-state index is 13.5. The van der Waals surface area contributed by atoms with Crippen molar-refractivity contribution in [3.8, 4) is 11.5 Å². The van der Waals surface area contributed by atoms with Crippen LogP contribution in [-0.2, 0) is 0 Å². The van der Waals surface area contributed by atoms with Crippen LogP contribution in [0, 0.1) is 12.7 Å². The molecule has 0 aromatic heterocycles. The summed E-state index contributed by atoms with van der Waals surface area (Å²) in [6.45, 7) is 1.91. The van der Waals surface area contributed by atoms with E-state index >= 15 is 0 Å². The quantitative estimate of drug-likeness (QED) is 0.904. The molecule has 1 atom stereocenters. The Bertz CT molecular complexity index is 661. The van der Waals surface area contributed by atoms with Crippen molar-refractivity contribution in [2.75, 3.05) is 14.2 Å². The van der Waals surface area contributed by atoms with Crippen LogP contribution in [0.1, 0.15) is 22.7 Å². The zero-order valence-corrected chi connectivity index (χ0v) is 13.7. The fourth-order valence-corrected chi connectivity index (χ4v) is 2.79. The number of hydrogen-bond acceptors (Lipinski definition) is 3. The molecule has 0 amide bonds. The molecular formula is C16H17BrFNO2. The topological polar surface area (TPSA) is 44.5 Å². The fraction of sp³-hybridized carbons (Fsp3) is 0.250. The van der Waals surface area contributed by atoms with Crippen LogP contribution in [0.4, 0.5) is 4.39 Å². The molecule has 0 bridgehead atoms. The van der Waals surface area contributed by atoms with Gasteiger partial charge in [0.05, 0.1) is 20.3 Å². The van der Waals surface area contributed by atoms with Gasteiger partial charge in [-0.15, -0.1) is 0 Å². The molecule has 5 heteroatoms. The second-order valence-electron chi connectivity index (χ2n) is 4.71. The summed E-state index contributed by atoms with van der Waals surface area (Å²) in [4.78, 5) is 0. The lowest BCUT2D eigenvalue weighted by Crippen LogP contribution is -2.14. The van der Waals surface area contributed by atoms with Crippen molar-refractivity contribution in [3.63, 3.8) is 0 Å². The number of rotatable bonds is 4. The highest BCUT2D eigenvalue weighted by Gasteiger charge is 2.18. The van der Waals surface area contributed by atoms with Crippen molar-refractivity contribution >= 4 is 15.9 Å². The Morgan fingerprint density at radius 1 is 1.05 bits per heavy atom. The molecular weight excluding hydrogens is 337 g/mol. The summed E-state index contributed by atoms with van der Waals surface area (Å²) in [5.41, 5.74) is 8.79. The van der Waals surface area contributed by atoms with E-state index in [9.17, 15) is 4.39 Å². The lowest BCUT2D eigenvalue weighted by atomic mass is 9.95. The Morgan fingerprint density at radius 3 is 2.29 bits per heavy atom.